The van der Waals surface area contributed by atoms with E-state index in [1.165, 1.54) is 18.2 Å². The molecule has 0 radical (unpaired) electrons. The number of methoxy groups -OCH3 is 1. The van der Waals surface area contributed by atoms with Crippen molar-refractivity contribution >= 4 is 23.5 Å². The quantitative estimate of drug-likeness (QED) is 0.532. The number of hydrogen-bond donors (Lipinski definition) is 0. The molecule has 1 fully saturated rings. The molecule has 1 heterocycles. The molecule has 1 aliphatic rings. The largest absolute Gasteiger partial charge is 0.465 e. The summed E-state index contributed by atoms with van der Waals surface area (Å²) in [6, 6.07) is 25.1. The summed E-state index contributed by atoms with van der Waals surface area (Å²) in [7, 11) is 1.34. The molecule has 0 saturated carbocycles. The number of amides is 1. The molecule has 1 amide bonds. The van der Waals surface area contributed by atoms with E-state index in [1.54, 1.807) is 24.3 Å². The number of carbonyl (C=O) groups is 2. The average molecular weight is 449 g/mol. The molecule has 0 aromatic heterocycles. The normalized spacial score (nSPS) is 15.2. The second kappa shape index (κ2) is 9.98. The van der Waals surface area contributed by atoms with Crippen molar-refractivity contribution in [1.82, 2.24) is 9.80 Å². The zero-order valence-electron chi connectivity index (χ0n) is 17.9. The molecule has 3 aromatic rings. The first-order chi connectivity index (χ1) is 15.6. The van der Waals surface area contributed by atoms with E-state index in [9.17, 15) is 9.59 Å². The van der Waals surface area contributed by atoms with Gasteiger partial charge in [-0.05, 0) is 47.5 Å². The van der Waals surface area contributed by atoms with Crippen LogP contribution in [0.1, 0.15) is 37.9 Å². The predicted octanol–water partition coefficient (Wildman–Crippen LogP) is 4.67. The fourth-order valence-electron chi connectivity index (χ4n) is 4.13. The summed E-state index contributed by atoms with van der Waals surface area (Å²) in [5.41, 5.74) is 3.40. The number of hydrogen-bond acceptors (Lipinski definition) is 4. The molecule has 5 nitrogen and oxygen atoms in total. The number of nitrogens with zero attached hydrogens (tertiary/aromatic N) is 2. The van der Waals surface area contributed by atoms with Crippen LogP contribution in [-0.4, -0.2) is 55.0 Å². The maximum atomic E-state index is 13.0. The summed E-state index contributed by atoms with van der Waals surface area (Å²) >= 11 is 6.11. The number of benzene rings is 3. The molecule has 1 atom stereocenters. The second-order valence-electron chi connectivity index (χ2n) is 7.76. The minimum absolute atomic E-state index is 0.0242. The molecule has 3 aromatic carbocycles. The van der Waals surface area contributed by atoms with Gasteiger partial charge in [-0.15, -0.1) is 0 Å². The standard InChI is InChI=1S/C26H25ClN2O3/c1-32-26(31)22-9-7-21(8-10-22)25(30)29-17-15-28(16-18-29)24(19-5-3-2-4-6-19)20-11-13-23(27)14-12-20/h2-14,24H,15-18H2,1H3. The first kappa shape index (κ1) is 22.1. The minimum Gasteiger partial charge on any atom is -0.465 e. The van der Waals surface area contributed by atoms with Gasteiger partial charge in [0.15, 0.2) is 0 Å². The third-order valence-corrected chi connectivity index (χ3v) is 6.07. The van der Waals surface area contributed by atoms with E-state index in [4.69, 9.17) is 16.3 Å². The van der Waals surface area contributed by atoms with E-state index >= 15 is 0 Å². The van der Waals surface area contributed by atoms with Gasteiger partial charge < -0.3 is 9.64 Å². The van der Waals surface area contributed by atoms with E-state index in [-0.39, 0.29) is 11.9 Å². The molecule has 0 bridgehead atoms. The molecule has 4 rings (SSSR count). The topological polar surface area (TPSA) is 49.9 Å². The lowest BCUT2D eigenvalue weighted by Gasteiger charge is -2.39. The predicted molar refractivity (Wildman–Crippen MR) is 125 cm³/mol. The van der Waals surface area contributed by atoms with Crippen molar-refractivity contribution in [3.05, 3.63) is 106 Å². The van der Waals surface area contributed by atoms with E-state index < -0.39 is 5.97 Å². The molecule has 1 unspecified atom stereocenters. The Labute approximate surface area is 193 Å². The monoisotopic (exact) mass is 448 g/mol. The maximum Gasteiger partial charge on any atom is 0.337 e. The zero-order valence-corrected chi connectivity index (χ0v) is 18.7. The smallest absolute Gasteiger partial charge is 0.337 e. The SMILES string of the molecule is COC(=O)c1ccc(C(=O)N2CCN(C(c3ccccc3)c3ccc(Cl)cc3)CC2)cc1. The summed E-state index contributed by atoms with van der Waals surface area (Å²) in [6.07, 6.45) is 0. The summed E-state index contributed by atoms with van der Waals surface area (Å²) in [4.78, 5) is 28.9. The van der Waals surface area contributed by atoms with Crippen LogP contribution >= 0.6 is 11.6 Å². The number of esters is 1. The van der Waals surface area contributed by atoms with Gasteiger partial charge in [0.05, 0.1) is 18.7 Å². The van der Waals surface area contributed by atoms with Gasteiger partial charge in [0.1, 0.15) is 0 Å². The van der Waals surface area contributed by atoms with Gasteiger partial charge in [0.2, 0.25) is 0 Å². The van der Waals surface area contributed by atoms with Crippen LogP contribution in [0.2, 0.25) is 5.02 Å². The van der Waals surface area contributed by atoms with Crippen LogP contribution in [0.4, 0.5) is 0 Å². The number of rotatable bonds is 5. The Hall–Kier alpha value is -3.15. The molecular weight excluding hydrogens is 424 g/mol. The Bertz CT molecular complexity index is 1060. The Morgan fingerprint density at radius 1 is 0.781 bits per heavy atom. The lowest BCUT2D eigenvalue weighted by molar-refractivity contribution is 0.0587. The summed E-state index contributed by atoms with van der Waals surface area (Å²) in [6.45, 7) is 2.78. The minimum atomic E-state index is -0.410. The van der Waals surface area contributed by atoms with Gasteiger partial charge >= 0.3 is 5.97 Å². The van der Waals surface area contributed by atoms with Crippen molar-refractivity contribution in [2.45, 2.75) is 6.04 Å². The maximum absolute atomic E-state index is 13.0. The lowest BCUT2D eigenvalue weighted by Crippen LogP contribution is -2.49. The lowest BCUT2D eigenvalue weighted by atomic mass is 9.96. The fraction of sp³-hybridized carbons (Fsp3) is 0.231. The molecule has 6 heteroatoms. The van der Waals surface area contributed by atoms with E-state index in [1.807, 2.05) is 23.1 Å². The van der Waals surface area contributed by atoms with E-state index in [0.29, 0.717) is 29.2 Å². The van der Waals surface area contributed by atoms with Gasteiger partial charge in [0.25, 0.3) is 5.91 Å². The van der Waals surface area contributed by atoms with Crippen LogP contribution in [0.5, 0.6) is 0 Å². The average Bonchev–Trinajstić information content (AvgIpc) is 2.85. The first-order valence-corrected chi connectivity index (χ1v) is 11.0. The van der Waals surface area contributed by atoms with Crippen molar-refractivity contribution in [3.63, 3.8) is 0 Å². The molecular formula is C26H25ClN2O3. The van der Waals surface area contributed by atoms with E-state index in [0.717, 1.165) is 13.1 Å². The second-order valence-corrected chi connectivity index (χ2v) is 8.20. The highest BCUT2D eigenvalue weighted by atomic mass is 35.5. The zero-order chi connectivity index (χ0) is 22.5. The third-order valence-electron chi connectivity index (χ3n) is 5.82. The van der Waals surface area contributed by atoms with Gasteiger partial charge in [-0.1, -0.05) is 54.1 Å². The van der Waals surface area contributed by atoms with Crippen LogP contribution < -0.4 is 0 Å². The highest BCUT2D eigenvalue weighted by Crippen LogP contribution is 2.30. The molecule has 1 aliphatic heterocycles. The molecule has 0 aliphatic carbocycles. The van der Waals surface area contributed by atoms with Crippen molar-refractivity contribution in [3.8, 4) is 0 Å². The van der Waals surface area contributed by atoms with Crippen molar-refractivity contribution < 1.29 is 14.3 Å². The first-order valence-electron chi connectivity index (χ1n) is 10.6. The number of piperazine rings is 1. The Kier molecular flexibility index (Phi) is 6.88. The summed E-state index contributed by atoms with van der Waals surface area (Å²) in [5.74, 6) is -0.435. The van der Waals surface area contributed by atoms with Crippen molar-refractivity contribution in [2.75, 3.05) is 33.3 Å². The number of ether oxygens (including phenoxy) is 1. The molecule has 1 saturated heterocycles. The molecule has 0 N–H and O–H groups in total. The number of halogens is 1. The van der Waals surface area contributed by atoms with Crippen LogP contribution in [0, 0.1) is 0 Å². The Balaban J connectivity index is 1.47. The highest BCUT2D eigenvalue weighted by Gasteiger charge is 2.28. The van der Waals surface area contributed by atoms with E-state index in [2.05, 4.69) is 41.3 Å². The fourth-order valence-corrected chi connectivity index (χ4v) is 4.25. The van der Waals surface area contributed by atoms with Crippen molar-refractivity contribution in [1.29, 1.82) is 0 Å². The van der Waals surface area contributed by atoms with Crippen LogP contribution in [0.25, 0.3) is 0 Å². The van der Waals surface area contributed by atoms with Gasteiger partial charge in [-0.3, -0.25) is 9.69 Å². The Morgan fingerprint density at radius 2 is 1.34 bits per heavy atom. The van der Waals surface area contributed by atoms with Crippen LogP contribution in [-0.2, 0) is 4.74 Å². The van der Waals surface area contributed by atoms with Crippen LogP contribution in [0.15, 0.2) is 78.9 Å². The highest BCUT2D eigenvalue weighted by molar-refractivity contribution is 6.30. The third kappa shape index (κ3) is 4.85. The summed E-state index contributed by atoms with van der Waals surface area (Å²) < 4.78 is 4.72. The Morgan fingerprint density at radius 3 is 1.94 bits per heavy atom. The van der Waals surface area contributed by atoms with Crippen LogP contribution in [0.3, 0.4) is 0 Å². The van der Waals surface area contributed by atoms with Gasteiger partial charge in [-0.2, -0.15) is 0 Å². The van der Waals surface area contributed by atoms with Gasteiger partial charge in [0, 0.05) is 36.8 Å². The summed E-state index contributed by atoms with van der Waals surface area (Å²) in [5, 5.41) is 0.717. The number of carbonyl (C=O) groups excluding carboxylic acids is 2. The van der Waals surface area contributed by atoms with Crippen molar-refractivity contribution in [2.24, 2.45) is 0 Å². The van der Waals surface area contributed by atoms with Gasteiger partial charge in [-0.25, -0.2) is 4.79 Å². The molecule has 32 heavy (non-hydrogen) atoms. The molecule has 0 spiro atoms. The molecule has 164 valence electrons.